The van der Waals surface area contributed by atoms with Gasteiger partial charge in [0.15, 0.2) is 0 Å². The van der Waals surface area contributed by atoms with Crippen molar-refractivity contribution in [1.29, 1.82) is 0 Å². The molecule has 1 aromatic rings. The van der Waals surface area contributed by atoms with E-state index in [2.05, 4.69) is 0 Å². The van der Waals surface area contributed by atoms with Gasteiger partial charge >= 0.3 is 5.97 Å². The Bertz CT molecular complexity index is 443. The van der Waals surface area contributed by atoms with E-state index in [1.54, 1.807) is 18.9 Å². The van der Waals surface area contributed by atoms with Gasteiger partial charge in [0.25, 0.3) is 0 Å². The summed E-state index contributed by atoms with van der Waals surface area (Å²) in [5, 5.41) is 17.4. The van der Waals surface area contributed by atoms with Crippen molar-refractivity contribution in [2.45, 2.75) is 12.2 Å². The fraction of sp³-hybridized carbons (Fsp3) is 0.357. The lowest BCUT2D eigenvalue weighted by Crippen LogP contribution is -1.92. The molecule has 0 unspecified atom stereocenters. The van der Waals surface area contributed by atoms with Crippen molar-refractivity contribution in [3.05, 3.63) is 35.4 Å². The number of carboxylic acids is 1. The van der Waals surface area contributed by atoms with Crippen LogP contribution < -0.4 is 4.74 Å². The normalized spacial score (nSPS) is 10.8. The Morgan fingerprint density at radius 2 is 2.26 bits per heavy atom. The van der Waals surface area contributed by atoms with Crippen molar-refractivity contribution >= 4 is 23.8 Å². The van der Waals surface area contributed by atoms with E-state index in [-0.39, 0.29) is 6.61 Å². The second-order valence-electron chi connectivity index (χ2n) is 3.88. The zero-order valence-corrected chi connectivity index (χ0v) is 11.7. The number of aliphatic hydroxyl groups excluding tert-OH is 1. The Balaban J connectivity index is 2.74. The summed E-state index contributed by atoms with van der Waals surface area (Å²) in [7, 11) is 1.56. The number of carbonyl (C=O) groups is 1. The van der Waals surface area contributed by atoms with Gasteiger partial charge in [0.2, 0.25) is 0 Å². The van der Waals surface area contributed by atoms with Gasteiger partial charge in [-0.1, -0.05) is 6.07 Å². The highest BCUT2D eigenvalue weighted by Gasteiger charge is 2.03. The van der Waals surface area contributed by atoms with Crippen LogP contribution in [0.25, 0.3) is 6.08 Å². The van der Waals surface area contributed by atoms with Crippen LogP contribution >= 0.6 is 11.8 Å². The van der Waals surface area contributed by atoms with Crippen molar-refractivity contribution in [3.8, 4) is 5.75 Å². The van der Waals surface area contributed by atoms with Gasteiger partial charge in [-0.2, -0.15) is 11.8 Å². The number of hydrogen-bond donors (Lipinski definition) is 2. The molecule has 0 radical (unpaired) electrons. The molecule has 0 amide bonds. The first-order valence-corrected chi connectivity index (χ1v) is 7.09. The smallest absolute Gasteiger partial charge is 0.328 e. The maximum absolute atomic E-state index is 10.5. The summed E-state index contributed by atoms with van der Waals surface area (Å²) in [6.45, 7) is 0.211. The van der Waals surface area contributed by atoms with Crippen LogP contribution in [0.15, 0.2) is 24.3 Å². The summed E-state index contributed by atoms with van der Waals surface area (Å²) < 4.78 is 5.19. The SMILES string of the molecule is COc1ccc(CSCCCO)cc1C=CC(=O)O. The molecule has 0 aliphatic heterocycles. The van der Waals surface area contributed by atoms with Crippen LogP contribution in [0.5, 0.6) is 5.75 Å². The molecule has 1 aromatic carbocycles. The van der Waals surface area contributed by atoms with Crippen molar-refractivity contribution in [1.82, 2.24) is 0 Å². The van der Waals surface area contributed by atoms with Gasteiger partial charge in [-0.05, 0) is 35.9 Å². The van der Waals surface area contributed by atoms with E-state index >= 15 is 0 Å². The number of aliphatic hydroxyl groups is 1. The largest absolute Gasteiger partial charge is 0.496 e. The van der Waals surface area contributed by atoms with Crippen LogP contribution in [0.1, 0.15) is 17.5 Å². The maximum atomic E-state index is 10.5. The lowest BCUT2D eigenvalue weighted by molar-refractivity contribution is -0.131. The molecule has 0 bridgehead atoms. The highest BCUT2D eigenvalue weighted by atomic mass is 32.2. The van der Waals surface area contributed by atoms with E-state index in [1.165, 1.54) is 6.08 Å². The van der Waals surface area contributed by atoms with Gasteiger partial charge in [0.1, 0.15) is 5.75 Å². The van der Waals surface area contributed by atoms with E-state index < -0.39 is 5.97 Å². The van der Waals surface area contributed by atoms with Crippen molar-refractivity contribution in [2.24, 2.45) is 0 Å². The first kappa shape index (κ1) is 15.6. The summed E-state index contributed by atoms with van der Waals surface area (Å²) in [6.07, 6.45) is 3.41. The third-order valence-electron chi connectivity index (χ3n) is 2.42. The van der Waals surface area contributed by atoms with Crippen molar-refractivity contribution < 1.29 is 19.7 Å². The Morgan fingerprint density at radius 1 is 1.47 bits per heavy atom. The molecule has 0 fully saturated rings. The lowest BCUT2D eigenvalue weighted by atomic mass is 10.1. The molecular weight excluding hydrogens is 264 g/mol. The van der Waals surface area contributed by atoms with E-state index in [1.807, 2.05) is 18.2 Å². The number of aliphatic carboxylic acids is 1. The molecule has 0 heterocycles. The van der Waals surface area contributed by atoms with Crippen molar-refractivity contribution in [2.75, 3.05) is 19.5 Å². The number of carboxylic acid groups (broad SMARTS) is 1. The molecule has 2 N–H and O–H groups in total. The van der Waals surface area contributed by atoms with Crippen LogP contribution in [-0.4, -0.2) is 35.7 Å². The Hall–Kier alpha value is -1.46. The minimum atomic E-state index is -0.982. The minimum absolute atomic E-state index is 0.211. The van der Waals surface area contributed by atoms with E-state index in [0.717, 1.165) is 35.1 Å². The predicted molar refractivity (Wildman–Crippen MR) is 77.5 cm³/mol. The molecule has 0 spiro atoms. The van der Waals surface area contributed by atoms with Gasteiger partial charge in [-0.15, -0.1) is 0 Å². The second-order valence-corrected chi connectivity index (χ2v) is 4.98. The maximum Gasteiger partial charge on any atom is 0.328 e. The summed E-state index contributed by atoms with van der Waals surface area (Å²) in [6, 6.07) is 5.72. The average molecular weight is 282 g/mol. The molecule has 0 atom stereocenters. The van der Waals surface area contributed by atoms with Gasteiger partial charge in [-0.25, -0.2) is 4.79 Å². The number of ether oxygens (including phenoxy) is 1. The zero-order chi connectivity index (χ0) is 14.1. The van der Waals surface area contributed by atoms with Gasteiger partial charge in [-0.3, -0.25) is 0 Å². The number of methoxy groups -OCH3 is 1. The molecule has 4 nitrogen and oxygen atoms in total. The van der Waals surface area contributed by atoms with E-state index in [4.69, 9.17) is 14.9 Å². The molecule has 19 heavy (non-hydrogen) atoms. The third-order valence-corrected chi connectivity index (χ3v) is 3.53. The topological polar surface area (TPSA) is 66.8 Å². The second kappa shape index (κ2) is 8.61. The summed E-state index contributed by atoms with van der Waals surface area (Å²) >= 11 is 1.74. The highest BCUT2D eigenvalue weighted by Crippen LogP contribution is 2.23. The predicted octanol–water partition coefficient (Wildman–Crippen LogP) is 2.41. The molecule has 1 rings (SSSR count). The first-order valence-electron chi connectivity index (χ1n) is 5.94. The first-order chi connectivity index (χ1) is 9.17. The molecule has 0 saturated carbocycles. The lowest BCUT2D eigenvalue weighted by Gasteiger charge is -2.07. The van der Waals surface area contributed by atoms with Gasteiger partial charge in [0, 0.05) is 24.0 Å². The molecular formula is C14H18O4S. The zero-order valence-electron chi connectivity index (χ0n) is 10.8. The Morgan fingerprint density at radius 3 is 2.89 bits per heavy atom. The van der Waals surface area contributed by atoms with Crippen molar-refractivity contribution in [3.63, 3.8) is 0 Å². The molecule has 0 aromatic heterocycles. The highest BCUT2D eigenvalue weighted by molar-refractivity contribution is 7.98. The Kier molecular flexibility index (Phi) is 7.07. The fourth-order valence-corrected chi connectivity index (χ4v) is 2.41. The molecule has 5 heteroatoms. The van der Waals surface area contributed by atoms with Crippen LogP contribution in [0, 0.1) is 0 Å². The van der Waals surface area contributed by atoms with Gasteiger partial charge < -0.3 is 14.9 Å². The average Bonchev–Trinajstić information content (AvgIpc) is 2.41. The molecule has 104 valence electrons. The standard InChI is InChI=1S/C14H18O4S/c1-18-13-5-3-11(10-19-8-2-7-15)9-12(13)4-6-14(16)17/h3-6,9,15H,2,7-8,10H2,1H3,(H,16,17). The van der Waals surface area contributed by atoms with Crippen LogP contribution in [0.2, 0.25) is 0 Å². The van der Waals surface area contributed by atoms with E-state index in [0.29, 0.717) is 5.75 Å². The van der Waals surface area contributed by atoms with Crippen LogP contribution in [0.3, 0.4) is 0 Å². The van der Waals surface area contributed by atoms with Gasteiger partial charge in [0.05, 0.1) is 7.11 Å². The number of thioether (sulfide) groups is 1. The molecule has 0 saturated heterocycles. The fourth-order valence-electron chi connectivity index (χ4n) is 1.52. The van der Waals surface area contributed by atoms with E-state index in [9.17, 15) is 4.79 Å². The molecule has 0 aliphatic carbocycles. The minimum Gasteiger partial charge on any atom is -0.496 e. The summed E-state index contributed by atoms with van der Waals surface area (Å²) in [5.41, 5.74) is 1.86. The quantitative estimate of drug-likeness (QED) is 0.566. The van der Waals surface area contributed by atoms with Crippen LogP contribution in [0.4, 0.5) is 0 Å². The third kappa shape index (κ3) is 5.81. The number of benzene rings is 1. The number of hydrogen-bond acceptors (Lipinski definition) is 4. The Labute approximate surface area is 117 Å². The number of rotatable bonds is 8. The summed E-state index contributed by atoms with van der Waals surface area (Å²) in [4.78, 5) is 10.5. The van der Waals surface area contributed by atoms with Crippen LogP contribution in [-0.2, 0) is 10.5 Å². The summed E-state index contributed by atoms with van der Waals surface area (Å²) in [5.74, 6) is 1.41. The molecule has 0 aliphatic rings. The monoisotopic (exact) mass is 282 g/mol.